The van der Waals surface area contributed by atoms with E-state index >= 15 is 0 Å². The fraction of sp³-hybridized carbons (Fsp3) is 0.222. The van der Waals surface area contributed by atoms with E-state index in [2.05, 4.69) is 0 Å². The zero-order valence-corrected chi connectivity index (χ0v) is 7.68. The first-order valence-corrected chi connectivity index (χ1v) is 4.88. The molecule has 70 valence electrons. The molecule has 1 aromatic carbocycles. The van der Waals surface area contributed by atoms with Crippen LogP contribution in [0.25, 0.3) is 0 Å². The monoisotopic (exact) mass is 200 g/mol. The van der Waals surface area contributed by atoms with Gasteiger partial charge < -0.3 is 5.11 Å². The van der Waals surface area contributed by atoms with Crippen LogP contribution in [0.2, 0.25) is 0 Å². The fourth-order valence-electron chi connectivity index (χ4n) is 0.864. The molecule has 0 amide bonds. The molecule has 0 aliphatic heterocycles. The number of carboxylic acids is 1. The summed E-state index contributed by atoms with van der Waals surface area (Å²) in [6, 6.07) is 6.38. The first-order chi connectivity index (χ1) is 6.20. The average molecular weight is 200 g/mol. The Morgan fingerprint density at radius 2 is 2.15 bits per heavy atom. The van der Waals surface area contributed by atoms with Crippen LogP contribution in [0.15, 0.2) is 24.3 Å². The zero-order valence-electron chi connectivity index (χ0n) is 6.87. The minimum absolute atomic E-state index is 0.00827. The quantitative estimate of drug-likeness (QED) is 0.809. The zero-order chi connectivity index (χ0) is 9.68. The van der Waals surface area contributed by atoms with Gasteiger partial charge in [-0.25, -0.2) is 4.39 Å². The third-order valence-electron chi connectivity index (χ3n) is 1.44. The molecule has 1 rings (SSSR count). The van der Waals surface area contributed by atoms with Crippen LogP contribution < -0.4 is 0 Å². The number of benzene rings is 1. The summed E-state index contributed by atoms with van der Waals surface area (Å²) in [5, 5.41) is 8.35. The van der Waals surface area contributed by atoms with Gasteiger partial charge in [-0.3, -0.25) is 4.79 Å². The van der Waals surface area contributed by atoms with Crippen molar-refractivity contribution in [3.63, 3.8) is 0 Å². The van der Waals surface area contributed by atoms with E-state index in [0.29, 0.717) is 11.3 Å². The van der Waals surface area contributed by atoms with E-state index in [1.807, 2.05) is 0 Å². The normalized spacial score (nSPS) is 9.92. The van der Waals surface area contributed by atoms with Gasteiger partial charge in [0.15, 0.2) is 0 Å². The molecule has 0 heterocycles. The molecule has 0 saturated heterocycles. The summed E-state index contributed by atoms with van der Waals surface area (Å²) in [5.74, 6) is -0.741. The van der Waals surface area contributed by atoms with Crippen LogP contribution in [-0.2, 0) is 10.5 Å². The number of thioether (sulfide) groups is 1. The molecule has 0 unspecified atom stereocenters. The second kappa shape index (κ2) is 4.87. The molecule has 0 aliphatic rings. The summed E-state index contributed by atoms with van der Waals surface area (Å²) in [5.41, 5.74) is 0.550. The van der Waals surface area contributed by atoms with Crippen molar-refractivity contribution >= 4 is 17.7 Å². The average Bonchev–Trinajstić information content (AvgIpc) is 2.08. The van der Waals surface area contributed by atoms with E-state index in [1.54, 1.807) is 18.2 Å². The van der Waals surface area contributed by atoms with Crippen molar-refractivity contribution in [2.45, 2.75) is 5.75 Å². The second-order valence-corrected chi connectivity index (χ2v) is 3.46. The van der Waals surface area contributed by atoms with Gasteiger partial charge in [-0.05, 0) is 11.6 Å². The molecule has 1 aromatic rings. The molecule has 0 atom stereocenters. The lowest BCUT2D eigenvalue weighted by Gasteiger charge is -2.00. The van der Waals surface area contributed by atoms with Crippen molar-refractivity contribution < 1.29 is 14.3 Å². The van der Waals surface area contributed by atoms with Gasteiger partial charge in [0.25, 0.3) is 0 Å². The van der Waals surface area contributed by atoms with Crippen molar-refractivity contribution in [1.82, 2.24) is 0 Å². The Kier molecular flexibility index (Phi) is 3.76. The Bertz CT molecular complexity index is 301. The Morgan fingerprint density at radius 1 is 1.46 bits per heavy atom. The van der Waals surface area contributed by atoms with Gasteiger partial charge in [0.05, 0.1) is 5.75 Å². The van der Waals surface area contributed by atoms with E-state index in [-0.39, 0.29) is 11.6 Å². The SMILES string of the molecule is O=C(O)CSCc1ccccc1F. The van der Waals surface area contributed by atoms with Crippen LogP contribution >= 0.6 is 11.8 Å². The number of rotatable bonds is 4. The van der Waals surface area contributed by atoms with Crippen LogP contribution in [0.3, 0.4) is 0 Å². The van der Waals surface area contributed by atoms with Crippen LogP contribution in [0, 0.1) is 5.82 Å². The summed E-state index contributed by atoms with van der Waals surface area (Å²) < 4.78 is 13.0. The summed E-state index contributed by atoms with van der Waals surface area (Å²) >= 11 is 1.19. The van der Waals surface area contributed by atoms with E-state index in [0.717, 1.165) is 0 Å². The molecule has 0 aliphatic carbocycles. The standard InChI is InChI=1S/C9H9FO2S/c10-8-4-2-1-3-7(8)5-13-6-9(11)12/h1-4H,5-6H2,(H,11,12). The summed E-state index contributed by atoms with van der Waals surface area (Å²) in [6.07, 6.45) is 0. The molecule has 1 N–H and O–H groups in total. The third-order valence-corrected chi connectivity index (χ3v) is 2.41. The second-order valence-electron chi connectivity index (χ2n) is 2.48. The van der Waals surface area contributed by atoms with E-state index in [1.165, 1.54) is 17.8 Å². The topological polar surface area (TPSA) is 37.3 Å². The lowest BCUT2D eigenvalue weighted by molar-refractivity contribution is -0.133. The van der Waals surface area contributed by atoms with Gasteiger partial charge in [0.1, 0.15) is 5.82 Å². The highest BCUT2D eigenvalue weighted by molar-refractivity contribution is 7.99. The lowest BCUT2D eigenvalue weighted by atomic mass is 10.2. The van der Waals surface area contributed by atoms with Gasteiger partial charge >= 0.3 is 5.97 Å². The molecule has 0 fully saturated rings. The Labute approximate surface area is 79.8 Å². The number of halogens is 1. The number of hydrogen-bond acceptors (Lipinski definition) is 2. The van der Waals surface area contributed by atoms with Gasteiger partial charge in [-0.15, -0.1) is 11.8 Å². The van der Waals surface area contributed by atoms with Crippen LogP contribution in [-0.4, -0.2) is 16.8 Å². The number of carboxylic acid groups (broad SMARTS) is 1. The summed E-state index contributed by atoms with van der Waals surface area (Å²) in [7, 11) is 0. The van der Waals surface area contributed by atoms with Gasteiger partial charge in [0, 0.05) is 5.75 Å². The molecule has 13 heavy (non-hydrogen) atoms. The lowest BCUT2D eigenvalue weighted by Crippen LogP contribution is -1.98. The van der Waals surface area contributed by atoms with E-state index < -0.39 is 5.97 Å². The first kappa shape index (κ1) is 10.1. The number of aliphatic carboxylic acids is 1. The van der Waals surface area contributed by atoms with Gasteiger partial charge in [-0.1, -0.05) is 18.2 Å². The molecule has 4 heteroatoms. The maximum atomic E-state index is 13.0. The smallest absolute Gasteiger partial charge is 0.313 e. The fourth-order valence-corrected chi connectivity index (χ4v) is 1.59. The van der Waals surface area contributed by atoms with Crippen molar-refractivity contribution in [3.05, 3.63) is 35.6 Å². The predicted molar refractivity (Wildman–Crippen MR) is 50.2 cm³/mol. The molecule has 0 bridgehead atoms. The van der Waals surface area contributed by atoms with Crippen LogP contribution in [0.4, 0.5) is 4.39 Å². The predicted octanol–water partition coefficient (Wildman–Crippen LogP) is 2.14. The number of hydrogen-bond donors (Lipinski definition) is 1. The minimum atomic E-state index is -0.874. The van der Waals surface area contributed by atoms with Crippen LogP contribution in [0.5, 0.6) is 0 Å². The maximum absolute atomic E-state index is 13.0. The van der Waals surface area contributed by atoms with Gasteiger partial charge in [0.2, 0.25) is 0 Å². The Hall–Kier alpha value is -1.03. The highest BCUT2D eigenvalue weighted by atomic mass is 32.2. The van der Waals surface area contributed by atoms with Crippen molar-refractivity contribution in [1.29, 1.82) is 0 Å². The van der Waals surface area contributed by atoms with E-state index in [4.69, 9.17) is 5.11 Å². The summed E-state index contributed by atoms with van der Waals surface area (Å²) in [6.45, 7) is 0. The van der Waals surface area contributed by atoms with Crippen molar-refractivity contribution in [3.8, 4) is 0 Å². The molecule has 2 nitrogen and oxygen atoms in total. The highest BCUT2D eigenvalue weighted by Crippen LogP contribution is 2.14. The summed E-state index contributed by atoms with van der Waals surface area (Å²) in [4.78, 5) is 10.2. The number of carbonyl (C=O) groups is 1. The molecular weight excluding hydrogens is 191 g/mol. The van der Waals surface area contributed by atoms with Crippen molar-refractivity contribution in [2.75, 3.05) is 5.75 Å². The molecular formula is C9H9FO2S. The van der Waals surface area contributed by atoms with Gasteiger partial charge in [-0.2, -0.15) is 0 Å². The third kappa shape index (κ3) is 3.46. The largest absolute Gasteiger partial charge is 0.481 e. The molecule has 0 aromatic heterocycles. The minimum Gasteiger partial charge on any atom is -0.481 e. The maximum Gasteiger partial charge on any atom is 0.313 e. The first-order valence-electron chi connectivity index (χ1n) is 3.73. The molecule has 0 spiro atoms. The Morgan fingerprint density at radius 3 is 2.77 bits per heavy atom. The molecule has 0 radical (unpaired) electrons. The van der Waals surface area contributed by atoms with Crippen molar-refractivity contribution in [2.24, 2.45) is 0 Å². The van der Waals surface area contributed by atoms with Crippen LogP contribution in [0.1, 0.15) is 5.56 Å². The highest BCUT2D eigenvalue weighted by Gasteiger charge is 2.02. The Balaban J connectivity index is 2.45. The van der Waals surface area contributed by atoms with E-state index in [9.17, 15) is 9.18 Å². The molecule has 0 saturated carbocycles.